The molecule has 1 aromatic carbocycles. The van der Waals surface area contributed by atoms with Crippen molar-refractivity contribution in [2.24, 2.45) is 0 Å². The van der Waals surface area contributed by atoms with E-state index in [0.717, 1.165) is 17.2 Å². The van der Waals surface area contributed by atoms with Crippen LogP contribution in [-0.2, 0) is 10.8 Å². The fraction of sp³-hybridized carbons (Fsp3) is 0.444. The molecule has 2 aromatic rings. The van der Waals surface area contributed by atoms with Crippen LogP contribution < -0.4 is 5.43 Å². The van der Waals surface area contributed by atoms with Gasteiger partial charge in [0.15, 0.2) is 5.43 Å². The summed E-state index contributed by atoms with van der Waals surface area (Å²) in [5.41, 5.74) is 1.52. The van der Waals surface area contributed by atoms with Gasteiger partial charge in [-0.3, -0.25) is 4.79 Å². The average Bonchev–Trinajstić information content (AvgIpc) is 2.34. The standard InChI is InChI=1S/C18H22O4/c1-17(2,3)10-7-11(18(4,5)6)15-12(19)9-14(16(20)21)22-13(15)8-10/h7-9H,1-6H3,(H,20,21). The Morgan fingerprint density at radius 2 is 1.59 bits per heavy atom. The molecular formula is C18H22O4. The maximum absolute atomic E-state index is 12.4. The lowest BCUT2D eigenvalue weighted by Crippen LogP contribution is -2.20. The number of fused-ring (bicyclic) bond motifs is 1. The maximum Gasteiger partial charge on any atom is 0.371 e. The largest absolute Gasteiger partial charge is 0.475 e. The Morgan fingerprint density at radius 1 is 1.00 bits per heavy atom. The first kappa shape index (κ1) is 16.3. The minimum atomic E-state index is -1.24. The molecule has 4 heteroatoms. The highest BCUT2D eigenvalue weighted by molar-refractivity contribution is 5.89. The van der Waals surface area contributed by atoms with Gasteiger partial charge < -0.3 is 9.52 Å². The van der Waals surface area contributed by atoms with Crippen molar-refractivity contribution in [1.29, 1.82) is 0 Å². The Bertz CT molecular complexity index is 799. The van der Waals surface area contributed by atoms with Crippen LogP contribution in [0.25, 0.3) is 11.0 Å². The number of hydrogen-bond acceptors (Lipinski definition) is 3. The number of rotatable bonds is 1. The van der Waals surface area contributed by atoms with Crippen LogP contribution in [0.2, 0.25) is 0 Å². The van der Waals surface area contributed by atoms with E-state index in [4.69, 9.17) is 9.52 Å². The number of carboxylic acids is 1. The molecule has 0 aliphatic rings. The third-order valence-electron chi connectivity index (χ3n) is 3.72. The smallest absolute Gasteiger partial charge is 0.371 e. The van der Waals surface area contributed by atoms with Gasteiger partial charge in [-0.05, 0) is 28.0 Å². The van der Waals surface area contributed by atoms with E-state index in [1.807, 2.05) is 26.8 Å². The second-order valence-corrected chi connectivity index (χ2v) is 7.68. The van der Waals surface area contributed by atoms with Gasteiger partial charge >= 0.3 is 5.97 Å². The predicted molar refractivity (Wildman–Crippen MR) is 86.8 cm³/mol. The summed E-state index contributed by atoms with van der Waals surface area (Å²) in [4.78, 5) is 23.5. The Hall–Kier alpha value is -2.10. The Kier molecular flexibility index (Phi) is 3.68. The molecule has 0 aliphatic heterocycles. The molecule has 1 aromatic heterocycles. The van der Waals surface area contributed by atoms with Gasteiger partial charge in [0.05, 0.1) is 5.39 Å². The van der Waals surface area contributed by atoms with Gasteiger partial charge in [-0.2, -0.15) is 0 Å². The first-order valence-corrected chi connectivity index (χ1v) is 7.27. The molecular weight excluding hydrogens is 280 g/mol. The summed E-state index contributed by atoms with van der Waals surface area (Å²) in [5.74, 6) is -1.57. The number of hydrogen-bond donors (Lipinski definition) is 1. The van der Waals surface area contributed by atoms with Crippen LogP contribution in [0, 0.1) is 0 Å². The molecule has 0 saturated heterocycles. The summed E-state index contributed by atoms with van der Waals surface area (Å²) < 4.78 is 5.48. The fourth-order valence-electron chi connectivity index (χ4n) is 2.42. The molecule has 0 amide bonds. The molecule has 0 bridgehead atoms. The van der Waals surface area contributed by atoms with Gasteiger partial charge in [0, 0.05) is 6.07 Å². The van der Waals surface area contributed by atoms with E-state index in [1.165, 1.54) is 0 Å². The van der Waals surface area contributed by atoms with Crippen LogP contribution >= 0.6 is 0 Å². The van der Waals surface area contributed by atoms with Crippen LogP contribution in [0.5, 0.6) is 0 Å². The Balaban J connectivity index is 2.98. The molecule has 4 nitrogen and oxygen atoms in total. The lowest BCUT2D eigenvalue weighted by molar-refractivity contribution is 0.0663. The number of carboxylic acid groups (broad SMARTS) is 1. The molecule has 0 aliphatic carbocycles. The van der Waals surface area contributed by atoms with Crippen molar-refractivity contribution in [2.45, 2.75) is 52.4 Å². The molecule has 1 heterocycles. The average molecular weight is 302 g/mol. The minimum absolute atomic E-state index is 0.133. The van der Waals surface area contributed by atoms with Crippen LogP contribution in [0.1, 0.15) is 63.2 Å². The van der Waals surface area contributed by atoms with Crippen LogP contribution in [0.3, 0.4) is 0 Å². The van der Waals surface area contributed by atoms with Crippen molar-refractivity contribution in [2.75, 3.05) is 0 Å². The Labute approximate surface area is 129 Å². The van der Waals surface area contributed by atoms with Gasteiger partial charge in [-0.1, -0.05) is 47.6 Å². The van der Waals surface area contributed by atoms with Crippen molar-refractivity contribution in [3.63, 3.8) is 0 Å². The molecule has 0 unspecified atom stereocenters. The number of carbonyl (C=O) groups is 1. The van der Waals surface area contributed by atoms with E-state index in [9.17, 15) is 9.59 Å². The van der Waals surface area contributed by atoms with E-state index >= 15 is 0 Å². The normalized spacial score (nSPS) is 12.6. The van der Waals surface area contributed by atoms with E-state index in [2.05, 4.69) is 20.8 Å². The van der Waals surface area contributed by atoms with Crippen LogP contribution in [-0.4, -0.2) is 11.1 Å². The molecule has 22 heavy (non-hydrogen) atoms. The topological polar surface area (TPSA) is 67.5 Å². The predicted octanol–water partition coefficient (Wildman–Crippen LogP) is 4.09. The van der Waals surface area contributed by atoms with Gasteiger partial charge in [0.2, 0.25) is 5.76 Å². The van der Waals surface area contributed by atoms with Crippen molar-refractivity contribution in [3.05, 3.63) is 45.3 Å². The first-order valence-electron chi connectivity index (χ1n) is 7.27. The SMILES string of the molecule is CC(C)(C)c1cc(C(C)(C)C)c2c(=O)cc(C(=O)O)oc2c1. The minimum Gasteiger partial charge on any atom is -0.475 e. The lowest BCUT2D eigenvalue weighted by Gasteiger charge is -2.26. The van der Waals surface area contributed by atoms with Gasteiger partial charge in [-0.25, -0.2) is 4.79 Å². The van der Waals surface area contributed by atoms with E-state index in [0.29, 0.717) is 11.0 Å². The van der Waals surface area contributed by atoms with Crippen molar-refractivity contribution in [3.8, 4) is 0 Å². The van der Waals surface area contributed by atoms with Gasteiger partial charge in [0.25, 0.3) is 0 Å². The zero-order valence-corrected chi connectivity index (χ0v) is 13.9. The van der Waals surface area contributed by atoms with E-state index < -0.39 is 5.97 Å². The summed E-state index contributed by atoms with van der Waals surface area (Å²) in [5, 5.41) is 9.56. The molecule has 0 spiro atoms. The highest BCUT2D eigenvalue weighted by Gasteiger charge is 2.25. The van der Waals surface area contributed by atoms with E-state index in [1.54, 1.807) is 6.07 Å². The van der Waals surface area contributed by atoms with Crippen molar-refractivity contribution in [1.82, 2.24) is 0 Å². The second-order valence-electron chi connectivity index (χ2n) is 7.68. The zero-order chi connectivity index (χ0) is 16.9. The number of aromatic carboxylic acids is 1. The molecule has 2 rings (SSSR count). The first-order chi connectivity index (χ1) is 9.91. The highest BCUT2D eigenvalue weighted by Crippen LogP contribution is 2.34. The maximum atomic E-state index is 12.4. The molecule has 1 N–H and O–H groups in total. The number of benzene rings is 1. The zero-order valence-electron chi connectivity index (χ0n) is 13.9. The molecule has 0 saturated carbocycles. The summed E-state index contributed by atoms with van der Waals surface area (Å²) in [6.45, 7) is 12.3. The Morgan fingerprint density at radius 3 is 2.05 bits per heavy atom. The molecule has 0 atom stereocenters. The van der Waals surface area contributed by atoms with Gasteiger partial charge in [-0.15, -0.1) is 0 Å². The lowest BCUT2D eigenvalue weighted by atomic mass is 9.79. The summed E-state index contributed by atoms with van der Waals surface area (Å²) in [7, 11) is 0. The summed E-state index contributed by atoms with van der Waals surface area (Å²) in [6, 6.07) is 4.86. The third-order valence-corrected chi connectivity index (χ3v) is 3.72. The van der Waals surface area contributed by atoms with Crippen molar-refractivity contribution >= 4 is 16.9 Å². The van der Waals surface area contributed by atoms with Gasteiger partial charge in [0.1, 0.15) is 5.58 Å². The molecule has 118 valence electrons. The monoisotopic (exact) mass is 302 g/mol. The quantitative estimate of drug-likeness (QED) is 0.861. The van der Waals surface area contributed by atoms with Crippen LogP contribution in [0.15, 0.2) is 27.4 Å². The third kappa shape index (κ3) is 2.91. The van der Waals surface area contributed by atoms with Crippen molar-refractivity contribution < 1.29 is 14.3 Å². The summed E-state index contributed by atoms with van der Waals surface area (Å²) in [6.07, 6.45) is 0. The fourth-order valence-corrected chi connectivity index (χ4v) is 2.42. The molecule has 0 radical (unpaired) electrons. The van der Waals surface area contributed by atoms with Crippen LogP contribution in [0.4, 0.5) is 0 Å². The second kappa shape index (κ2) is 4.97. The highest BCUT2D eigenvalue weighted by atomic mass is 16.4. The van der Waals surface area contributed by atoms with E-state index in [-0.39, 0.29) is 22.0 Å². The summed E-state index contributed by atoms with van der Waals surface area (Å²) >= 11 is 0. The molecule has 0 fully saturated rings.